The predicted octanol–water partition coefficient (Wildman–Crippen LogP) is -0.0323. The largest absolute Gasteiger partial charge is 0.380 e. The number of likely N-dealkylation sites (N-methyl/N-ethyl adjacent to an activating group) is 2. The van der Waals surface area contributed by atoms with E-state index in [1.54, 1.807) is 21.0 Å². The lowest BCUT2D eigenvalue weighted by atomic mass is 10.1. The van der Waals surface area contributed by atoms with Gasteiger partial charge in [-0.25, -0.2) is 4.79 Å². The van der Waals surface area contributed by atoms with Crippen molar-refractivity contribution in [2.45, 2.75) is 38.0 Å². The Morgan fingerprint density at radius 3 is 2.59 bits per heavy atom. The highest BCUT2D eigenvalue weighted by atomic mass is 16.5. The number of hydrogen-bond acceptors (Lipinski definition) is 5. The van der Waals surface area contributed by atoms with Crippen LogP contribution in [0.15, 0.2) is 0 Å². The Labute approximate surface area is 132 Å². The summed E-state index contributed by atoms with van der Waals surface area (Å²) >= 11 is 0. The predicted molar refractivity (Wildman–Crippen MR) is 83.7 cm³/mol. The first-order chi connectivity index (χ1) is 10.2. The summed E-state index contributed by atoms with van der Waals surface area (Å²) in [5.41, 5.74) is -0.785. The van der Waals surface area contributed by atoms with Crippen molar-refractivity contribution in [3.05, 3.63) is 0 Å². The molecule has 1 N–H and O–H groups in total. The summed E-state index contributed by atoms with van der Waals surface area (Å²) in [6, 6.07) is 0.162. The average molecular weight is 312 g/mol. The van der Waals surface area contributed by atoms with Crippen LogP contribution in [0.25, 0.3) is 0 Å². The fourth-order valence-corrected chi connectivity index (χ4v) is 3.16. The van der Waals surface area contributed by atoms with Gasteiger partial charge in [-0.05, 0) is 34.4 Å². The lowest BCUT2D eigenvalue weighted by Gasteiger charge is -2.26. The fourth-order valence-electron chi connectivity index (χ4n) is 3.16. The molecule has 0 aliphatic carbocycles. The molecule has 2 aliphatic heterocycles. The van der Waals surface area contributed by atoms with Crippen LogP contribution in [0.3, 0.4) is 0 Å². The van der Waals surface area contributed by atoms with Gasteiger partial charge in [0.1, 0.15) is 5.54 Å². The molecule has 0 bridgehead atoms. The number of carbonyl (C=O) groups excluding carboxylic acids is 2. The van der Waals surface area contributed by atoms with Crippen LogP contribution in [0.1, 0.15) is 20.3 Å². The number of carbonyl (C=O) groups is 2. The summed E-state index contributed by atoms with van der Waals surface area (Å²) in [4.78, 5) is 29.8. The quantitative estimate of drug-likeness (QED) is 0.698. The van der Waals surface area contributed by atoms with E-state index in [4.69, 9.17) is 4.74 Å². The number of nitrogens with one attached hydrogen (secondary N) is 1. The lowest BCUT2D eigenvalue weighted by molar-refractivity contribution is -0.130. The smallest absolute Gasteiger partial charge is 0.325 e. The standard InChI is InChI=1S/C15H28N4O3/c1-15(2)13(20)19(14(21)16-15)7-6-17(3)9-11-8-12(22-5)10-18(11)4/h11-12H,6-10H2,1-5H3,(H,16,21)/t11-,12-/m0/s1. The van der Waals surface area contributed by atoms with Crippen molar-refractivity contribution in [1.82, 2.24) is 20.0 Å². The number of hydrogen-bond donors (Lipinski definition) is 1. The van der Waals surface area contributed by atoms with E-state index >= 15 is 0 Å². The Hall–Kier alpha value is -1.18. The van der Waals surface area contributed by atoms with E-state index in [1.165, 1.54) is 4.90 Å². The number of methoxy groups -OCH3 is 1. The van der Waals surface area contributed by atoms with Gasteiger partial charge >= 0.3 is 6.03 Å². The molecule has 3 amide bonds. The summed E-state index contributed by atoms with van der Waals surface area (Å²) in [5, 5.41) is 2.70. The number of nitrogens with zero attached hydrogens (tertiary/aromatic N) is 3. The molecule has 2 atom stereocenters. The summed E-state index contributed by atoms with van der Waals surface area (Å²) in [6.07, 6.45) is 1.32. The Morgan fingerprint density at radius 2 is 2.09 bits per heavy atom. The van der Waals surface area contributed by atoms with E-state index in [0.29, 0.717) is 25.2 Å². The monoisotopic (exact) mass is 312 g/mol. The van der Waals surface area contributed by atoms with E-state index in [-0.39, 0.29) is 11.9 Å². The highest BCUT2D eigenvalue weighted by molar-refractivity contribution is 6.06. The van der Waals surface area contributed by atoms with E-state index in [1.807, 2.05) is 7.05 Å². The molecule has 7 heteroatoms. The van der Waals surface area contributed by atoms with Crippen LogP contribution in [0.5, 0.6) is 0 Å². The van der Waals surface area contributed by atoms with E-state index in [0.717, 1.165) is 19.5 Å². The number of ether oxygens (including phenoxy) is 1. The first-order valence-electron chi connectivity index (χ1n) is 7.80. The Kier molecular flexibility index (Phi) is 5.09. The maximum absolute atomic E-state index is 12.1. The molecule has 2 aliphatic rings. The third-order valence-electron chi connectivity index (χ3n) is 4.66. The van der Waals surface area contributed by atoms with Gasteiger partial charge in [-0.1, -0.05) is 0 Å². The molecule has 22 heavy (non-hydrogen) atoms. The van der Waals surface area contributed by atoms with Crippen LogP contribution in [0.2, 0.25) is 0 Å². The van der Waals surface area contributed by atoms with E-state index in [2.05, 4.69) is 22.2 Å². The zero-order chi connectivity index (χ0) is 16.5. The van der Waals surface area contributed by atoms with Gasteiger partial charge < -0.3 is 15.0 Å². The zero-order valence-corrected chi connectivity index (χ0v) is 14.3. The highest BCUT2D eigenvalue weighted by Crippen LogP contribution is 2.19. The number of amides is 3. The first kappa shape index (κ1) is 17.2. The summed E-state index contributed by atoms with van der Waals surface area (Å²) in [6.45, 7) is 6.43. The molecule has 0 aromatic carbocycles. The number of likely N-dealkylation sites (tertiary alicyclic amines) is 1. The van der Waals surface area contributed by atoms with Crippen LogP contribution in [-0.4, -0.2) is 91.7 Å². The van der Waals surface area contributed by atoms with E-state index < -0.39 is 5.54 Å². The second-order valence-electron chi connectivity index (χ2n) is 6.96. The van der Waals surface area contributed by atoms with Crippen molar-refractivity contribution in [2.24, 2.45) is 0 Å². The van der Waals surface area contributed by atoms with Crippen LogP contribution in [-0.2, 0) is 9.53 Å². The van der Waals surface area contributed by atoms with Crippen molar-refractivity contribution in [3.63, 3.8) is 0 Å². The van der Waals surface area contributed by atoms with Gasteiger partial charge in [0.05, 0.1) is 6.10 Å². The van der Waals surface area contributed by atoms with Gasteiger partial charge in [0, 0.05) is 39.3 Å². The summed E-state index contributed by atoms with van der Waals surface area (Å²) in [7, 11) is 5.89. The van der Waals surface area contributed by atoms with Crippen LogP contribution in [0, 0.1) is 0 Å². The maximum Gasteiger partial charge on any atom is 0.325 e. The fraction of sp³-hybridized carbons (Fsp3) is 0.867. The topological polar surface area (TPSA) is 65.1 Å². The Balaban J connectivity index is 1.80. The van der Waals surface area contributed by atoms with Gasteiger partial charge in [-0.2, -0.15) is 0 Å². The van der Waals surface area contributed by atoms with Gasteiger partial charge in [0.15, 0.2) is 0 Å². The zero-order valence-electron chi connectivity index (χ0n) is 14.3. The minimum absolute atomic E-state index is 0.150. The molecular formula is C15H28N4O3. The second-order valence-corrected chi connectivity index (χ2v) is 6.96. The minimum atomic E-state index is -0.785. The normalized spacial score (nSPS) is 28.7. The molecule has 0 spiro atoms. The van der Waals surface area contributed by atoms with Crippen LogP contribution < -0.4 is 5.32 Å². The SMILES string of the molecule is CO[C@H]1C[C@@H](CN(C)CCN2C(=O)NC(C)(C)C2=O)N(C)C1. The Bertz CT molecular complexity index is 441. The molecular weight excluding hydrogens is 284 g/mol. The minimum Gasteiger partial charge on any atom is -0.380 e. The number of rotatable bonds is 6. The molecule has 0 aromatic heterocycles. The van der Waals surface area contributed by atoms with Crippen molar-refractivity contribution in [1.29, 1.82) is 0 Å². The molecule has 2 fully saturated rings. The summed E-state index contributed by atoms with van der Waals surface area (Å²) < 4.78 is 5.42. The molecule has 0 unspecified atom stereocenters. The molecule has 2 saturated heterocycles. The first-order valence-corrected chi connectivity index (χ1v) is 7.80. The van der Waals surface area contributed by atoms with E-state index in [9.17, 15) is 9.59 Å². The lowest BCUT2D eigenvalue weighted by Crippen LogP contribution is -2.43. The molecule has 2 rings (SSSR count). The maximum atomic E-state index is 12.1. The molecule has 0 aromatic rings. The average Bonchev–Trinajstić information content (AvgIpc) is 2.87. The highest BCUT2D eigenvalue weighted by Gasteiger charge is 2.44. The molecule has 126 valence electrons. The molecule has 0 saturated carbocycles. The molecule has 0 radical (unpaired) electrons. The van der Waals surface area contributed by atoms with Gasteiger partial charge in [0.25, 0.3) is 5.91 Å². The second kappa shape index (κ2) is 6.52. The van der Waals surface area contributed by atoms with Gasteiger partial charge in [0.2, 0.25) is 0 Å². The van der Waals surface area contributed by atoms with Crippen molar-refractivity contribution in [2.75, 3.05) is 47.4 Å². The van der Waals surface area contributed by atoms with Crippen LogP contribution >= 0.6 is 0 Å². The molecule has 7 nitrogen and oxygen atoms in total. The van der Waals surface area contributed by atoms with Crippen molar-refractivity contribution in [3.8, 4) is 0 Å². The number of urea groups is 1. The number of imide groups is 1. The third kappa shape index (κ3) is 3.59. The van der Waals surface area contributed by atoms with Crippen molar-refractivity contribution < 1.29 is 14.3 Å². The summed E-state index contributed by atoms with van der Waals surface area (Å²) in [5.74, 6) is -0.150. The molecule has 2 heterocycles. The van der Waals surface area contributed by atoms with Crippen LogP contribution in [0.4, 0.5) is 4.79 Å². The Morgan fingerprint density at radius 1 is 1.41 bits per heavy atom. The third-order valence-corrected chi connectivity index (χ3v) is 4.66. The van der Waals surface area contributed by atoms with Gasteiger partial charge in [-0.15, -0.1) is 0 Å². The van der Waals surface area contributed by atoms with Crippen molar-refractivity contribution >= 4 is 11.9 Å². The van der Waals surface area contributed by atoms with Gasteiger partial charge in [-0.3, -0.25) is 14.6 Å².